The minimum absolute atomic E-state index is 0.0779. The van der Waals surface area contributed by atoms with E-state index >= 15 is 0 Å². The van der Waals surface area contributed by atoms with Gasteiger partial charge in [-0.15, -0.1) is 0 Å². The smallest absolute Gasteiger partial charge is 0.210 e. The van der Waals surface area contributed by atoms with Crippen molar-refractivity contribution >= 4 is 34.4 Å². The highest BCUT2D eigenvalue weighted by Gasteiger charge is 2.16. The molecule has 3 aromatic rings. The molecule has 0 atom stereocenters. The Morgan fingerprint density at radius 2 is 1.80 bits per heavy atom. The molecule has 2 heterocycles. The molecular weight excluding hydrogens is 252 g/mol. The van der Waals surface area contributed by atoms with Crippen molar-refractivity contribution in [3.8, 4) is 0 Å². The van der Waals surface area contributed by atoms with Gasteiger partial charge in [0.05, 0.1) is 16.8 Å². The zero-order valence-corrected chi connectivity index (χ0v) is 10.5. The molecule has 0 radical (unpaired) electrons. The molecule has 0 fully saturated rings. The molecule has 1 aromatic heterocycles. The molecular formula is C16H10N2O2. The molecule has 0 spiro atoms. The molecule has 0 bridgehead atoms. The van der Waals surface area contributed by atoms with Crippen LogP contribution >= 0.6 is 0 Å². The van der Waals surface area contributed by atoms with Crippen molar-refractivity contribution in [3.05, 3.63) is 64.3 Å². The van der Waals surface area contributed by atoms with Crippen LogP contribution in [-0.2, 0) is 0 Å². The Labute approximate surface area is 114 Å². The first-order valence-electron chi connectivity index (χ1n) is 6.29. The van der Waals surface area contributed by atoms with Gasteiger partial charge in [0.25, 0.3) is 0 Å². The van der Waals surface area contributed by atoms with Gasteiger partial charge in [-0.25, -0.2) is 0 Å². The fourth-order valence-electron chi connectivity index (χ4n) is 2.31. The van der Waals surface area contributed by atoms with Crippen LogP contribution in [0.3, 0.4) is 0 Å². The van der Waals surface area contributed by atoms with Gasteiger partial charge in [0.2, 0.25) is 11.3 Å². The standard InChI is InChI=1S/C16H10N2O2/c19-15-10-5-1-4-8-14(10)20-16-11(15)9-17-12-6-2-3-7-13(12)18-16/h1-9,18H. The minimum Gasteiger partial charge on any atom is -0.439 e. The highest BCUT2D eigenvalue weighted by Crippen LogP contribution is 2.32. The van der Waals surface area contributed by atoms with Crippen molar-refractivity contribution in [2.24, 2.45) is 4.99 Å². The van der Waals surface area contributed by atoms with E-state index in [0.29, 0.717) is 22.4 Å². The molecule has 0 saturated carbocycles. The third kappa shape index (κ3) is 1.55. The van der Waals surface area contributed by atoms with E-state index in [1.165, 1.54) is 0 Å². The normalized spacial score (nSPS) is 12.4. The number of nitrogens with zero attached hydrogens (tertiary/aromatic N) is 1. The van der Waals surface area contributed by atoms with Gasteiger partial charge in [-0.3, -0.25) is 9.79 Å². The van der Waals surface area contributed by atoms with E-state index in [1.807, 2.05) is 36.4 Å². The Morgan fingerprint density at radius 1 is 1.00 bits per heavy atom. The topological polar surface area (TPSA) is 54.6 Å². The summed E-state index contributed by atoms with van der Waals surface area (Å²) >= 11 is 0. The Hall–Kier alpha value is -2.88. The highest BCUT2D eigenvalue weighted by atomic mass is 16.3. The van der Waals surface area contributed by atoms with E-state index in [2.05, 4.69) is 10.3 Å². The van der Waals surface area contributed by atoms with Gasteiger partial charge in [0.1, 0.15) is 11.1 Å². The summed E-state index contributed by atoms with van der Waals surface area (Å²) in [5.74, 6) is 0.433. The SMILES string of the molecule is O=c1c2c(oc3ccccc13)Nc1ccccc1N=C2. The molecule has 2 aromatic carbocycles. The number of hydrogen-bond donors (Lipinski definition) is 1. The van der Waals surface area contributed by atoms with Crippen molar-refractivity contribution < 1.29 is 4.42 Å². The van der Waals surface area contributed by atoms with Crippen molar-refractivity contribution in [1.29, 1.82) is 0 Å². The van der Waals surface area contributed by atoms with Crippen LogP contribution in [0.1, 0.15) is 5.56 Å². The van der Waals surface area contributed by atoms with E-state index in [0.717, 1.165) is 11.4 Å². The summed E-state index contributed by atoms with van der Waals surface area (Å²) in [6.45, 7) is 0. The van der Waals surface area contributed by atoms with Gasteiger partial charge in [-0.2, -0.15) is 0 Å². The second kappa shape index (κ2) is 4.06. The maximum Gasteiger partial charge on any atom is 0.210 e. The Kier molecular flexibility index (Phi) is 2.23. The summed E-state index contributed by atoms with van der Waals surface area (Å²) < 4.78 is 5.80. The second-order valence-electron chi connectivity index (χ2n) is 4.57. The van der Waals surface area contributed by atoms with Gasteiger partial charge in [0, 0.05) is 6.21 Å². The summed E-state index contributed by atoms with van der Waals surface area (Å²) in [4.78, 5) is 16.8. The van der Waals surface area contributed by atoms with Crippen LogP contribution in [0.2, 0.25) is 0 Å². The number of para-hydroxylation sites is 3. The number of aliphatic imine (C=N–C) groups is 1. The van der Waals surface area contributed by atoms with Gasteiger partial charge < -0.3 is 9.73 Å². The van der Waals surface area contributed by atoms with Crippen molar-refractivity contribution in [3.63, 3.8) is 0 Å². The van der Waals surface area contributed by atoms with E-state index in [4.69, 9.17) is 4.42 Å². The van der Waals surface area contributed by atoms with Crippen molar-refractivity contribution in [2.75, 3.05) is 5.32 Å². The molecule has 0 saturated heterocycles. The fourth-order valence-corrected chi connectivity index (χ4v) is 2.31. The van der Waals surface area contributed by atoms with Crippen LogP contribution in [0.25, 0.3) is 11.0 Å². The molecule has 1 aliphatic heterocycles. The summed E-state index contributed by atoms with van der Waals surface area (Å²) in [5.41, 5.74) is 2.53. The number of anilines is 2. The van der Waals surface area contributed by atoms with Crippen molar-refractivity contribution in [2.45, 2.75) is 0 Å². The predicted molar refractivity (Wildman–Crippen MR) is 79.5 cm³/mol. The number of hydrogen-bond acceptors (Lipinski definition) is 4. The summed E-state index contributed by atoms with van der Waals surface area (Å²) in [7, 11) is 0. The molecule has 0 amide bonds. The van der Waals surface area contributed by atoms with Crippen LogP contribution in [0.5, 0.6) is 0 Å². The number of nitrogens with one attached hydrogen (secondary N) is 1. The minimum atomic E-state index is -0.0779. The van der Waals surface area contributed by atoms with E-state index in [1.54, 1.807) is 18.3 Å². The third-order valence-electron chi connectivity index (χ3n) is 3.32. The molecule has 4 heteroatoms. The lowest BCUT2D eigenvalue weighted by atomic mass is 10.1. The monoisotopic (exact) mass is 262 g/mol. The number of benzene rings is 2. The Bertz CT molecular complexity index is 910. The third-order valence-corrected chi connectivity index (χ3v) is 3.32. The molecule has 4 rings (SSSR count). The lowest BCUT2D eigenvalue weighted by Crippen LogP contribution is -2.10. The molecule has 0 unspecified atom stereocenters. The number of fused-ring (bicyclic) bond motifs is 3. The molecule has 1 aliphatic rings. The lowest BCUT2D eigenvalue weighted by Gasteiger charge is -2.08. The van der Waals surface area contributed by atoms with Gasteiger partial charge >= 0.3 is 0 Å². The zero-order chi connectivity index (χ0) is 13.5. The van der Waals surface area contributed by atoms with Crippen LogP contribution in [0, 0.1) is 0 Å². The Balaban J connectivity index is 2.05. The Morgan fingerprint density at radius 3 is 2.75 bits per heavy atom. The van der Waals surface area contributed by atoms with E-state index in [-0.39, 0.29) is 5.43 Å². The van der Waals surface area contributed by atoms with Crippen LogP contribution in [0.15, 0.2) is 62.7 Å². The molecule has 1 N–H and O–H groups in total. The maximum atomic E-state index is 12.5. The molecule has 96 valence electrons. The zero-order valence-electron chi connectivity index (χ0n) is 10.5. The quantitative estimate of drug-likeness (QED) is 0.526. The van der Waals surface area contributed by atoms with Crippen LogP contribution < -0.4 is 10.7 Å². The molecule has 0 aliphatic carbocycles. The lowest BCUT2D eigenvalue weighted by molar-refractivity contribution is 0.621. The van der Waals surface area contributed by atoms with Crippen molar-refractivity contribution in [1.82, 2.24) is 0 Å². The van der Waals surface area contributed by atoms with Gasteiger partial charge in [-0.1, -0.05) is 24.3 Å². The fraction of sp³-hybridized carbons (Fsp3) is 0. The average molecular weight is 262 g/mol. The van der Waals surface area contributed by atoms with Gasteiger partial charge in [0.15, 0.2) is 0 Å². The molecule has 20 heavy (non-hydrogen) atoms. The van der Waals surface area contributed by atoms with Gasteiger partial charge in [-0.05, 0) is 24.3 Å². The van der Waals surface area contributed by atoms with E-state index < -0.39 is 0 Å². The molecule has 4 nitrogen and oxygen atoms in total. The van der Waals surface area contributed by atoms with Crippen LogP contribution in [0.4, 0.5) is 17.3 Å². The van der Waals surface area contributed by atoms with E-state index in [9.17, 15) is 4.79 Å². The average Bonchev–Trinajstić information content (AvgIpc) is 2.66. The largest absolute Gasteiger partial charge is 0.439 e. The predicted octanol–water partition coefficient (Wildman–Crippen LogP) is 3.60. The maximum absolute atomic E-state index is 12.5. The highest BCUT2D eigenvalue weighted by molar-refractivity contribution is 5.96. The summed E-state index contributed by atoms with van der Waals surface area (Å²) in [6.07, 6.45) is 1.56. The first-order chi connectivity index (χ1) is 9.83. The first kappa shape index (κ1) is 11.0. The second-order valence-corrected chi connectivity index (χ2v) is 4.57. The summed E-state index contributed by atoms with van der Waals surface area (Å²) in [5, 5.41) is 3.70. The summed E-state index contributed by atoms with van der Waals surface area (Å²) in [6, 6.07) is 14.8. The number of rotatable bonds is 0. The van der Waals surface area contributed by atoms with Crippen LogP contribution in [-0.4, -0.2) is 6.21 Å². The first-order valence-corrected chi connectivity index (χ1v) is 6.29.